The highest BCUT2D eigenvalue weighted by atomic mass is 16.5. The minimum Gasteiger partial charge on any atom is -0.380 e. The third kappa shape index (κ3) is 4.28. The molecule has 0 spiro atoms. The summed E-state index contributed by atoms with van der Waals surface area (Å²) in [6, 6.07) is 8.53. The quantitative estimate of drug-likeness (QED) is 0.645. The minimum absolute atomic E-state index is 0.0606. The highest BCUT2D eigenvalue weighted by Gasteiger charge is 2.36. The first-order valence-corrected chi connectivity index (χ1v) is 11.8. The molecule has 2 fully saturated rings. The maximum absolute atomic E-state index is 13.4. The number of methoxy groups -OCH3 is 1. The highest BCUT2D eigenvalue weighted by Crippen LogP contribution is 2.34. The molecule has 4 atom stereocenters. The van der Waals surface area contributed by atoms with Gasteiger partial charge >= 0.3 is 0 Å². The van der Waals surface area contributed by atoms with Crippen molar-refractivity contribution < 1.29 is 14.3 Å². The Morgan fingerprint density at radius 1 is 1.28 bits per heavy atom. The van der Waals surface area contributed by atoms with E-state index in [4.69, 9.17) is 4.74 Å². The van der Waals surface area contributed by atoms with Crippen LogP contribution in [0.4, 0.5) is 0 Å². The number of rotatable bonds is 6. The van der Waals surface area contributed by atoms with Crippen molar-refractivity contribution in [3.63, 3.8) is 0 Å². The Labute approximate surface area is 190 Å². The smallest absolute Gasteiger partial charge is 0.253 e. The summed E-state index contributed by atoms with van der Waals surface area (Å²) in [6.07, 6.45) is 2.83. The van der Waals surface area contributed by atoms with Gasteiger partial charge in [-0.15, -0.1) is 0 Å². The van der Waals surface area contributed by atoms with Gasteiger partial charge in [-0.05, 0) is 65.1 Å². The largest absolute Gasteiger partial charge is 0.380 e. The molecule has 3 heterocycles. The fourth-order valence-corrected chi connectivity index (χ4v) is 5.61. The molecule has 0 aliphatic carbocycles. The molecule has 1 aromatic carbocycles. The minimum atomic E-state index is -0.387. The summed E-state index contributed by atoms with van der Waals surface area (Å²) >= 11 is 0. The molecule has 7 nitrogen and oxygen atoms in total. The van der Waals surface area contributed by atoms with Crippen molar-refractivity contribution in [2.75, 3.05) is 26.7 Å². The van der Waals surface area contributed by atoms with Crippen LogP contribution < -0.4 is 16.0 Å². The van der Waals surface area contributed by atoms with Crippen molar-refractivity contribution in [3.05, 3.63) is 35.5 Å². The Morgan fingerprint density at radius 2 is 2.00 bits per heavy atom. The fraction of sp³-hybridized carbons (Fsp3) is 0.600. The predicted octanol–water partition coefficient (Wildman–Crippen LogP) is 2.78. The van der Waals surface area contributed by atoms with Crippen LogP contribution in [0.1, 0.15) is 55.2 Å². The van der Waals surface area contributed by atoms with E-state index in [1.165, 1.54) is 0 Å². The number of carbonyl (C=O) groups excluding carboxylic acids is 2. The molecular weight excluding hydrogens is 404 g/mol. The lowest BCUT2D eigenvalue weighted by atomic mass is 9.91. The molecule has 2 aromatic rings. The number of carbonyl (C=O) groups is 2. The standard InChI is InChI=1S/C25H36N4O3/c1-15-13-22(32-4)20(24(30)28-15)14-27-25(31)23-17(3)29(21-8-6-5-7-19(21)23)16(2)18-9-11-26-12-10-18/h5-8,15-16,18,20,22,26H,9-14H2,1-4H3,(H,27,31)(H,28,30). The molecule has 1 aromatic heterocycles. The highest BCUT2D eigenvalue weighted by molar-refractivity contribution is 6.08. The Kier molecular flexibility index (Phi) is 6.86. The van der Waals surface area contributed by atoms with Crippen molar-refractivity contribution in [2.45, 2.75) is 58.2 Å². The van der Waals surface area contributed by atoms with Crippen LogP contribution in [-0.2, 0) is 9.53 Å². The van der Waals surface area contributed by atoms with Gasteiger partial charge in [0, 0.05) is 42.3 Å². The van der Waals surface area contributed by atoms with Gasteiger partial charge in [0.1, 0.15) is 0 Å². The summed E-state index contributed by atoms with van der Waals surface area (Å²) in [4.78, 5) is 25.9. The van der Waals surface area contributed by atoms with Crippen LogP contribution >= 0.6 is 0 Å². The molecule has 3 N–H and O–H groups in total. The molecule has 4 unspecified atom stereocenters. The zero-order chi connectivity index (χ0) is 22.8. The van der Waals surface area contributed by atoms with E-state index in [2.05, 4.69) is 33.5 Å². The first-order chi connectivity index (χ1) is 15.4. The zero-order valence-electron chi connectivity index (χ0n) is 19.6. The van der Waals surface area contributed by atoms with Crippen molar-refractivity contribution >= 4 is 22.7 Å². The Hall–Kier alpha value is -2.38. The predicted molar refractivity (Wildman–Crippen MR) is 126 cm³/mol. The molecule has 2 aliphatic heterocycles. The van der Waals surface area contributed by atoms with Gasteiger partial charge in [0.25, 0.3) is 5.91 Å². The number of nitrogens with zero attached hydrogens (tertiary/aromatic N) is 1. The van der Waals surface area contributed by atoms with Gasteiger partial charge in [-0.2, -0.15) is 0 Å². The van der Waals surface area contributed by atoms with E-state index < -0.39 is 0 Å². The van der Waals surface area contributed by atoms with Gasteiger partial charge in [-0.1, -0.05) is 18.2 Å². The number of ether oxygens (including phenoxy) is 1. The summed E-state index contributed by atoms with van der Waals surface area (Å²) in [5.74, 6) is 0.00494. The summed E-state index contributed by atoms with van der Waals surface area (Å²) in [5.41, 5.74) is 2.79. The second-order valence-electron chi connectivity index (χ2n) is 9.41. The number of nitrogens with one attached hydrogen (secondary N) is 3. The average molecular weight is 441 g/mol. The number of hydrogen-bond donors (Lipinski definition) is 3. The molecular formula is C25H36N4O3. The SMILES string of the molecule is COC1CC(C)NC(=O)C1CNC(=O)c1c(C)n(C(C)C2CCNCC2)c2ccccc12. The third-order valence-electron chi connectivity index (χ3n) is 7.40. The van der Waals surface area contributed by atoms with E-state index in [0.717, 1.165) is 48.9 Å². The van der Waals surface area contributed by atoms with Crippen molar-refractivity contribution in [2.24, 2.45) is 11.8 Å². The van der Waals surface area contributed by atoms with Crippen molar-refractivity contribution in [1.82, 2.24) is 20.5 Å². The molecule has 0 radical (unpaired) electrons. The molecule has 0 saturated carbocycles. The topological polar surface area (TPSA) is 84.4 Å². The maximum Gasteiger partial charge on any atom is 0.253 e. The summed E-state index contributed by atoms with van der Waals surface area (Å²) in [6.45, 7) is 8.64. The lowest BCUT2D eigenvalue weighted by Crippen LogP contribution is -2.53. The van der Waals surface area contributed by atoms with E-state index >= 15 is 0 Å². The van der Waals surface area contributed by atoms with Gasteiger partial charge in [0.2, 0.25) is 5.91 Å². The Morgan fingerprint density at radius 3 is 2.72 bits per heavy atom. The van der Waals surface area contributed by atoms with Gasteiger partial charge in [-0.25, -0.2) is 0 Å². The first-order valence-electron chi connectivity index (χ1n) is 11.8. The zero-order valence-corrected chi connectivity index (χ0v) is 19.6. The molecule has 2 saturated heterocycles. The van der Waals surface area contributed by atoms with E-state index in [1.807, 2.05) is 32.0 Å². The number of benzene rings is 1. The number of para-hydroxylation sites is 1. The molecule has 4 rings (SSSR count). The fourth-order valence-electron chi connectivity index (χ4n) is 5.61. The van der Waals surface area contributed by atoms with E-state index in [9.17, 15) is 9.59 Å². The molecule has 7 heteroatoms. The van der Waals surface area contributed by atoms with Crippen LogP contribution in [0.3, 0.4) is 0 Å². The lowest BCUT2D eigenvalue weighted by Gasteiger charge is -2.33. The molecule has 2 aliphatic rings. The van der Waals surface area contributed by atoms with E-state index in [-0.39, 0.29) is 36.4 Å². The average Bonchev–Trinajstić information content (AvgIpc) is 3.09. The first kappa shape index (κ1) is 22.8. The van der Waals surface area contributed by atoms with Crippen LogP contribution in [0.25, 0.3) is 10.9 Å². The van der Waals surface area contributed by atoms with Gasteiger partial charge in [-0.3, -0.25) is 9.59 Å². The van der Waals surface area contributed by atoms with Crippen LogP contribution in [0.15, 0.2) is 24.3 Å². The Bertz CT molecular complexity index is 979. The summed E-state index contributed by atoms with van der Waals surface area (Å²) in [7, 11) is 1.63. The van der Waals surface area contributed by atoms with Gasteiger partial charge in [0.15, 0.2) is 0 Å². The number of piperidine rings is 2. The number of hydrogen-bond acceptors (Lipinski definition) is 4. The molecule has 174 valence electrons. The normalized spacial score (nSPS) is 25.5. The van der Waals surface area contributed by atoms with Crippen molar-refractivity contribution in [3.8, 4) is 0 Å². The van der Waals surface area contributed by atoms with Crippen LogP contribution in [-0.4, -0.2) is 55.3 Å². The van der Waals surface area contributed by atoms with Gasteiger partial charge < -0.3 is 25.3 Å². The third-order valence-corrected chi connectivity index (χ3v) is 7.40. The van der Waals surface area contributed by atoms with Crippen LogP contribution in [0.2, 0.25) is 0 Å². The van der Waals surface area contributed by atoms with Crippen molar-refractivity contribution in [1.29, 1.82) is 0 Å². The lowest BCUT2D eigenvalue weighted by molar-refractivity contribution is -0.134. The van der Waals surface area contributed by atoms with Crippen LogP contribution in [0.5, 0.6) is 0 Å². The molecule has 2 amide bonds. The second-order valence-corrected chi connectivity index (χ2v) is 9.41. The van der Waals surface area contributed by atoms with Crippen LogP contribution in [0, 0.1) is 18.8 Å². The van der Waals surface area contributed by atoms with E-state index in [1.54, 1.807) is 7.11 Å². The maximum atomic E-state index is 13.4. The van der Waals surface area contributed by atoms with E-state index in [0.29, 0.717) is 17.5 Å². The monoisotopic (exact) mass is 440 g/mol. The number of amides is 2. The second kappa shape index (κ2) is 9.63. The molecule has 32 heavy (non-hydrogen) atoms. The Balaban J connectivity index is 1.59. The van der Waals surface area contributed by atoms with Gasteiger partial charge in [0.05, 0.1) is 17.6 Å². The summed E-state index contributed by atoms with van der Waals surface area (Å²) < 4.78 is 7.90. The number of aromatic nitrogens is 1. The number of fused-ring (bicyclic) bond motifs is 1. The summed E-state index contributed by atoms with van der Waals surface area (Å²) in [5, 5.41) is 10.4. The molecule has 0 bridgehead atoms.